The van der Waals surface area contributed by atoms with E-state index in [9.17, 15) is 4.79 Å². The van der Waals surface area contributed by atoms with Gasteiger partial charge in [0.05, 0.1) is 0 Å². The second kappa shape index (κ2) is 7.65. The molecular weight excluding hydrogens is 344 g/mol. The molecule has 1 aliphatic heterocycles. The fourth-order valence-corrected chi connectivity index (χ4v) is 4.01. The summed E-state index contributed by atoms with van der Waals surface area (Å²) in [6, 6.07) is 15.7. The van der Waals surface area contributed by atoms with Crippen molar-refractivity contribution in [3.8, 4) is 0 Å². The van der Waals surface area contributed by atoms with Gasteiger partial charge in [0.1, 0.15) is 0 Å². The summed E-state index contributed by atoms with van der Waals surface area (Å²) >= 11 is 5.91. The first-order valence-corrected chi connectivity index (χ1v) is 9.65. The van der Waals surface area contributed by atoms with Gasteiger partial charge in [-0.3, -0.25) is 4.79 Å². The number of hydrogen-bond acceptors (Lipinski definition) is 2. The van der Waals surface area contributed by atoms with Gasteiger partial charge in [-0.1, -0.05) is 29.8 Å². The Labute approximate surface area is 159 Å². The number of fused-ring (bicyclic) bond motifs is 1. The molecule has 2 aromatic carbocycles. The number of ketones is 1. The maximum atomic E-state index is 12.6. The lowest BCUT2D eigenvalue weighted by atomic mass is 9.89. The van der Waals surface area contributed by atoms with Crippen LogP contribution in [0.15, 0.2) is 54.7 Å². The number of carbonyl (C=O) groups excluding carboxylic acids is 1. The zero-order chi connectivity index (χ0) is 17.9. The number of Topliss-reactive ketones (excluding diaryl/α,β-unsaturated/α-hetero) is 1. The van der Waals surface area contributed by atoms with Gasteiger partial charge in [-0.15, -0.1) is 0 Å². The zero-order valence-electron chi connectivity index (χ0n) is 14.7. The topological polar surface area (TPSA) is 36.1 Å². The van der Waals surface area contributed by atoms with Crippen molar-refractivity contribution in [1.82, 2.24) is 9.88 Å². The van der Waals surface area contributed by atoms with E-state index < -0.39 is 0 Å². The van der Waals surface area contributed by atoms with E-state index in [0.29, 0.717) is 5.02 Å². The van der Waals surface area contributed by atoms with Crippen molar-refractivity contribution in [3.63, 3.8) is 0 Å². The van der Waals surface area contributed by atoms with Gasteiger partial charge in [0.15, 0.2) is 5.78 Å². The highest BCUT2D eigenvalue weighted by molar-refractivity contribution is 6.30. The summed E-state index contributed by atoms with van der Waals surface area (Å²) in [5.41, 5.74) is 3.36. The molecule has 2 heterocycles. The minimum absolute atomic E-state index is 0.139. The molecule has 3 nitrogen and oxygen atoms in total. The number of aromatic amines is 1. The normalized spacial score (nSPS) is 16.2. The van der Waals surface area contributed by atoms with Crippen LogP contribution < -0.4 is 0 Å². The lowest BCUT2D eigenvalue weighted by Crippen LogP contribution is -2.37. The third-order valence-electron chi connectivity index (χ3n) is 5.46. The minimum Gasteiger partial charge on any atom is -0.361 e. The Balaban J connectivity index is 1.31. The van der Waals surface area contributed by atoms with E-state index >= 15 is 0 Å². The number of carbonyl (C=O) groups is 1. The first kappa shape index (κ1) is 17.3. The molecule has 1 saturated heterocycles. The second-order valence-electron chi connectivity index (χ2n) is 7.10. The Hall–Kier alpha value is -2.10. The van der Waals surface area contributed by atoms with Crippen LogP contribution >= 0.6 is 11.6 Å². The van der Waals surface area contributed by atoms with Crippen LogP contribution in [0.2, 0.25) is 5.02 Å². The Morgan fingerprint density at radius 2 is 1.81 bits per heavy atom. The maximum absolute atomic E-state index is 12.6. The van der Waals surface area contributed by atoms with Crippen molar-refractivity contribution in [3.05, 3.63) is 70.9 Å². The summed E-state index contributed by atoms with van der Waals surface area (Å²) in [7, 11) is 0. The van der Waals surface area contributed by atoms with Crippen molar-refractivity contribution in [2.75, 3.05) is 19.6 Å². The molecule has 1 fully saturated rings. The number of H-pyrrole nitrogens is 1. The van der Waals surface area contributed by atoms with Crippen LogP contribution in [0, 0.1) is 5.92 Å². The van der Waals surface area contributed by atoms with Gasteiger partial charge in [-0.25, -0.2) is 0 Å². The first-order chi connectivity index (χ1) is 12.7. The monoisotopic (exact) mass is 366 g/mol. The average Bonchev–Trinajstić information content (AvgIpc) is 3.10. The van der Waals surface area contributed by atoms with Gasteiger partial charge in [-0.2, -0.15) is 0 Å². The quantitative estimate of drug-likeness (QED) is 0.648. The Bertz CT molecular complexity index is 892. The third-order valence-corrected chi connectivity index (χ3v) is 5.71. The average molecular weight is 367 g/mol. The van der Waals surface area contributed by atoms with Gasteiger partial charge in [-0.05, 0) is 68.2 Å². The fourth-order valence-electron chi connectivity index (χ4n) is 3.89. The fraction of sp³-hybridized carbons (Fsp3) is 0.318. The number of rotatable bonds is 5. The molecule has 0 saturated carbocycles. The molecule has 4 rings (SSSR count). The SMILES string of the molecule is O=C(c1ccc(Cl)cc1)C1CCN(CCc2c[nH]c3ccccc23)CC1. The molecule has 0 bridgehead atoms. The predicted octanol–water partition coefficient (Wildman–Crippen LogP) is 4.96. The number of nitrogens with one attached hydrogen (secondary N) is 1. The van der Waals surface area contributed by atoms with Crippen molar-refractivity contribution in [1.29, 1.82) is 0 Å². The summed E-state index contributed by atoms with van der Waals surface area (Å²) in [4.78, 5) is 18.5. The van der Waals surface area contributed by atoms with E-state index in [1.54, 1.807) is 12.1 Å². The number of piperidine rings is 1. The van der Waals surface area contributed by atoms with Crippen LogP contribution in [0.5, 0.6) is 0 Å². The molecule has 1 aromatic heterocycles. The van der Waals surface area contributed by atoms with Crippen LogP contribution in [-0.4, -0.2) is 35.3 Å². The van der Waals surface area contributed by atoms with Crippen LogP contribution in [0.4, 0.5) is 0 Å². The first-order valence-electron chi connectivity index (χ1n) is 9.28. The van der Waals surface area contributed by atoms with E-state index in [0.717, 1.165) is 44.5 Å². The molecule has 26 heavy (non-hydrogen) atoms. The molecule has 0 radical (unpaired) electrons. The van der Waals surface area contributed by atoms with Crippen LogP contribution in [0.1, 0.15) is 28.8 Å². The lowest BCUT2D eigenvalue weighted by Gasteiger charge is -2.31. The Kier molecular flexibility index (Phi) is 5.09. The smallest absolute Gasteiger partial charge is 0.166 e. The molecular formula is C22H23ClN2O. The van der Waals surface area contributed by atoms with Crippen molar-refractivity contribution in [2.24, 2.45) is 5.92 Å². The summed E-state index contributed by atoms with van der Waals surface area (Å²) in [5, 5.41) is 1.99. The lowest BCUT2D eigenvalue weighted by molar-refractivity contribution is 0.0841. The number of hydrogen-bond donors (Lipinski definition) is 1. The van der Waals surface area contributed by atoms with E-state index in [1.807, 2.05) is 12.1 Å². The highest BCUT2D eigenvalue weighted by Gasteiger charge is 2.25. The molecule has 3 aromatic rings. The summed E-state index contributed by atoms with van der Waals surface area (Å²) in [6.45, 7) is 3.03. The van der Waals surface area contributed by atoms with E-state index in [4.69, 9.17) is 11.6 Å². The van der Waals surface area contributed by atoms with Crippen LogP contribution in [-0.2, 0) is 6.42 Å². The number of likely N-dealkylation sites (tertiary alicyclic amines) is 1. The summed E-state index contributed by atoms with van der Waals surface area (Å²) in [6.07, 6.45) is 5.05. The molecule has 0 unspecified atom stereocenters. The Morgan fingerprint density at radius 3 is 2.58 bits per heavy atom. The Morgan fingerprint density at radius 1 is 1.08 bits per heavy atom. The molecule has 1 N–H and O–H groups in total. The molecule has 0 atom stereocenters. The molecule has 0 spiro atoms. The molecule has 4 heteroatoms. The van der Waals surface area contributed by atoms with Gasteiger partial charge < -0.3 is 9.88 Å². The largest absolute Gasteiger partial charge is 0.361 e. The highest BCUT2D eigenvalue weighted by atomic mass is 35.5. The molecule has 1 aliphatic rings. The molecule has 0 amide bonds. The predicted molar refractivity (Wildman–Crippen MR) is 107 cm³/mol. The van der Waals surface area contributed by atoms with Crippen molar-refractivity contribution in [2.45, 2.75) is 19.3 Å². The zero-order valence-corrected chi connectivity index (χ0v) is 15.5. The highest BCUT2D eigenvalue weighted by Crippen LogP contribution is 2.24. The number of benzene rings is 2. The summed E-state index contributed by atoms with van der Waals surface area (Å²) in [5.74, 6) is 0.401. The standard InChI is InChI=1S/C22H23ClN2O/c23-19-7-5-16(6-8-19)22(26)17-9-12-25(13-10-17)14-11-18-15-24-21-4-2-1-3-20(18)21/h1-8,15,17,24H,9-14H2. The molecule has 134 valence electrons. The third kappa shape index (κ3) is 3.69. The van der Waals surface area contributed by atoms with E-state index in [-0.39, 0.29) is 11.7 Å². The van der Waals surface area contributed by atoms with Gasteiger partial charge in [0.25, 0.3) is 0 Å². The number of halogens is 1. The van der Waals surface area contributed by atoms with Crippen molar-refractivity contribution >= 4 is 28.3 Å². The number of nitrogens with zero attached hydrogens (tertiary/aromatic N) is 1. The number of para-hydroxylation sites is 1. The maximum Gasteiger partial charge on any atom is 0.166 e. The van der Waals surface area contributed by atoms with Gasteiger partial charge in [0, 0.05) is 40.1 Å². The van der Waals surface area contributed by atoms with E-state index in [2.05, 4.69) is 40.3 Å². The van der Waals surface area contributed by atoms with Crippen LogP contribution in [0.25, 0.3) is 10.9 Å². The number of aromatic nitrogens is 1. The van der Waals surface area contributed by atoms with Crippen LogP contribution in [0.3, 0.4) is 0 Å². The van der Waals surface area contributed by atoms with E-state index in [1.165, 1.54) is 16.5 Å². The second-order valence-corrected chi connectivity index (χ2v) is 7.53. The van der Waals surface area contributed by atoms with Gasteiger partial charge in [0.2, 0.25) is 0 Å². The minimum atomic E-state index is 0.139. The summed E-state index contributed by atoms with van der Waals surface area (Å²) < 4.78 is 0. The van der Waals surface area contributed by atoms with Gasteiger partial charge >= 0.3 is 0 Å². The molecule has 0 aliphatic carbocycles. The van der Waals surface area contributed by atoms with Crippen molar-refractivity contribution < 1.29 is 4.79 Å².